The molecule has 3 aromatic carbocycles. The molecular formula is C19H14N2S. The van der Waals surface area contributed by atoms with Crippen LogP contribution in [0.25, 0.3) is 10.8 Å². The average molecular weight is 302 g/mol. The minimum Gasteiger partial charge on any atom is -0.317 e. The Kier molecular flexibility index (Phi) is 2.58. The fourth-order valence-corrected chi connectivity index (χ4v) is 4.44. The quantitative estimate of drug-likeness (QED) is 0.638. The molecule has 5 rings (SSSR count). The number of amidine groups is 1. The topological polar surface area (TPSA) is 15.6 Å². The highest BCUT2D eigenvalue weighted by molar-refractivity contribution is 8.14. The summed E-state index contributed by atoms with van der Waals surface area (Å²) in [6.07, 6.45) is 0. The number of rotatable bonds is 1. The number of benzene rings is 3. The Balaban J connectivity index is 1.58. The van der Waals surface area contributed by atoms with Crippen molar-refractivity contribution in [3.63, 3.8) is 0 Å². The van der Waals surface area contributed by atoms with Crippen LogP contribution in [0.4, 0.5) is 5.69 Å². The van der Waals surface area contributed by atoms with E-state index in [0.717, 1.165) is 11.7 Å². The Labute approximate surface area is 133 Å². The molecule has 0 aromatic heterocycles. The lowest BCUT2D eigenvalue weighted by Gasteiger charge is -2.16. The first-order chi connectivity index (χ1) is 10.9. The number of fused-ring (bicyclic) bond motifs is 4. The summed E-state index contributed by atoms with van der Waals surface area (Å²) in [5.41, 5.74) is 2.63. The third-order valence-corrected chi connectivity index (χ3v) is 5.47. The smallest absolute Gasteiger partial charge is 0.169 e. The second-order valence-electron chi connectivity index (χ2n) is 5.68. The molecule has 0 aliphatic carbocycles. The summed E-state index contributed by atoms with van der Waals surface area (Å²) in [5.74, 6) is 0. The van der Waals surface area contributed by atoms with Crippen molar-refractivity contribution in [1.82, 2.24) is 0 Å². The van der Waals surface area contributed by atoms with Gasteiger partial charge in [-0.2, -0.15) is 0 Å². The molecule has 0 amide bonds. The van der Waals surface area contributed by atoms with Crippen LogP contribution in [0.15, 0.2) is 76.6 Å². The van der Waals surface area contributed by atoms with E-state index < -0.39 is 0 Å². The first-order valence-corrected chi connectivity index (χ1v) is 8.32. The summed E-state index contributed by atoms with van der Waals surface area (Å²) in [7, 11) is 0. The molecule has 2 nitrogen and oxygen atoms in total. The zero-order chi connectivity index (χ0) is 14.5. The number of aliphatic imine (C=N–C) groups is 1. The Morgan fingerprint density at radius 1 is 0.909 bits per heavy atom. The van der Waals surface area contributed by atoms with Gasteiger partial charge in [0.2, 0.25) is 0 Å². The van der Waals surface area contributed by atoms with Crippen LogP contribution in [0.2, 0.25) is 0 Å². The van der Waals surface area contributed by atoms with Gasteiger partial charge in [0.25, 0.3) is 0 Å². The second kappa shape index (κ2) is 4.62. The predicted octanol–water partition coefficient (Wildman–Crippen LogP) is 4.86. The van der Waals surface area contributed by atoms with Crippen molar-refractivity contribution in [2.75, 3.05) is 11.4 Å². The fourth-order valence-electron chi connectivity index (χ4n) is 3.35. The van der Waals surface area contributed by atoms with Gasteiger partial charge in [-0.15, -0.1) is 0 Å². The van der Waals surface area contributed by atoms with Crippen LogP contribution in [-0.2, 0) is 0 Å². The van der Waals surface area contributed by atoms with Crippen LogP contribution in [-0.4, -0.2) is 11.7 Å². The van der Waals surface area contributed by atoms with E-state index in [1.807, 2.05) is 0 Å². The summed E-state index contributed by atoms with van der Waals surface area (Å²) in [4.78, 5) is 8.66. The molecule has 0 fully saturated rings. The molecule has 0 bridgehead atoms. The van der Waals surface area contributed by atoms with Crippen LogP contribution in [0.1, 0.15) is 11.6 Å². The summed E-state index contributed by atoms with van der Waals surface area (Å²) >= 11 is 1.79. The van der Waals surface area contributed by atoms with Gasteiger partial charge in [0, 0.05) is 4.90 Å². The van der Waals surface area contributed by atoms with Gasteiger partial charge in [0.1, 0.15) is 0 Å². The number of para-hydroxylation sites is 1. The molecule has 0 radical (unpaired) electrons. The third-order valence-electron chi connectivity index (χ3n) is 4.39. The highest BCUT2D eigenvalue weighted by atomic mass is 32.2. The standard InChI is InChI=1S/C19H14N2S/c1-2-8-14-13(6-1)7-5-9-15(14)16-12-21-17-10-3-4-11-18(17)22-19(21)20-16/h1-11,16H,12H2/t16-/m1/s1. The maximum absolute atomic E-state index is 4.99. The lowest BCUT2D eigenvalue weighted by atomic mass is 9.99. The molecule has 0 spiro atoms. The molecule has 0 saturated heterocycles. The van der Waals surface area contributed by atoms with Gasteiger partial charge in [-0.25, -0.2) is 0 Å². The average Bonchev–Trinajstić information content (AvgIpc) is 3.12. The Hall–Kier alpha value is -2.26. The van der Waals surface area contributed by atoms with Gasteiger partial charge in [-0.1, -0.05) is 54.6 Å². The number of nitrogens with zero attached hydrogens (tertiary/aromatic N) is 2. The monoisotopic (exact) mass is 302 g/mol. The maximum atomic E-state index is 4.99. The van der Waals surface area contributed by atoms with E-state index in [4.69, 9.17) is 4.99 Å². The van der Waals surface area contributed by atoms with Crippen LogP contribution >= 0.6 is 11.8 Å². The molecule has 2 aliphatic rings. The van der Waals surface area contributed by atoms with Gasteiger partial charge in [0.15, 0.2) is 5.17 Å². The van der Waals surface area contributed by atoms with Gasteiger partial charge >= 0.3 is 0 Å². The van der Waals surface area contributed by atoms with Crippen molar-refractivity contribution in [1.29, 1.82) is 0 Å². The van der Waals surface area contributed by atoms with E-state index in [1.54, 1.807) is 11.8 Å². The Bertz CT molecular complexity index is 911. The number of thioether (sulfide) groups is 1. The molecule has 3 heteroatoms. The maximum Gasteiger partial charge on any atom is 0.169 e. The lowest BCUT2D eigenvalue weighted by molar-refractivity contribution is 0.785. The highest BCUT2D eigenvalue weighted by Gasteiger charge is 2.34. The van der Waals surface area contributed by atoms with Crippen molar-refractivity contribution in [2.45, 2.75) is 10.9 Å². The molecule has 22 heavy (non-hydrogen) atoms. The number of hydrogen-bond donors (Lipinski definition) is 0. The second-order valence-corrected chi connectivity index (χ2v) is 6.69. The zero-order valence-electron chi connectivity index (χ0n) is 11.9. The molecule has 0 N–H and O–H groups in total. The predicted molar refractivity (Wildman–Crippen MR) is 93.8 cm³/mol. The van der Waals surface area contributed by atoms with Crippen LogP contribution in [0, 0.1) is 0 Å². The largest absolute Gasteiger partial charge is 0.317 e. The van der Waals surface area contributed by atoms with E-state index in [9.17, 15) is 0 Å². The van der Waals surface area contributed by atoms with Gasteiger partial charge in [-0.3, -0.25) is 4.99 Å². The van der Waals surface area contributed by atoms with Gasteiger partial charge < -0.3 is 4.90 Å². The molecule has 106 valence electrons. The lowest BCUT2D eigenvalue weighted by Crippen LogP contribution is -2.21. The van der Waals surface area contributed by atoms with Crippen molar-refractivity contribution < 1.29 is 0 Å². The SMILES string of the molecule is c1ccc2c(c1)SC1=N[C@@H](c3cccc4ccccc34)CN12. The molecular weight excluding hydrogens is 288 g/mol. The van der Waals surface area contributed by atoms with Gasteiger partial charge in [0.05, 0.1) is 18.3 Å². The fraction of sp³-hybridized carbons (Fsp3) is 0.105. The van der Waals surface area contributed by atoms with Crippen molar-refractivity contribution in [3.8, 4) is 0 Å². The summed E-state index contributed by atoms with van der Waals surface area (Å²) < 4.78 is 0. The first kappa shape index (κ1) is 12.3. The highest BCUT2D eigenvalue weighted by Crippen LogP contribution is 2.45. The number of hydrogen-bond acceptors (Lipinski definition) is 3. The first-order valence-electron chi connectivity index (χ1n) is 7.50. The number of anilines is 1. The van der Waals surface area contributed by atoms with Gasteiger partial charge in [-0.05, 0) is 40.2 Å². The van der Waals surface area contributed by atoms with E-state index in [2.05, 4.69) is 71.6 Å². The van der Waals surface area contributed by atoms with Crippen molar-refractivity contribution in [3.05, 3.63) is 72.3 Å². The minimum atomic E-state index is 0.224. The van der Waals surface area contributed by atoms with Crippen molar-refractivity contribution >= 4 is 33.4 Å². The van der Waals surface area contributed by atoms with Crippen LogP contribution in [0.5, 0.6) is 0 Å². The normalized spacial score (nSPS) is 19.2. The molecule has 2 aliphatic heterocycles. The van der Waals surface area contributed by atoms with E-state index in [1.165, 1.54) is 26.9 Å². The summed E-state index contributed by atoms with van der Waals surface area (Å²) in [6.45, 7) is 0.938. The van der Waals surface area contributed by atoms with Crippen molar-refractivity contribution in [2.24, 2.45) is 4.99 Å². The molecule has 0 unspecified atom stereocenters. The Morgan fingerprint density at radius 2 is 1.73 bits per heavy atom. The van der Waals surface area contributed by atoms with E-state index in [0.29, 0.717) is 0 Å². The molecule has 2 heterocycles. The third kappa shape index (κ3) is 1.72. The summed E-state index contributed by atoms with van der Waals surface area (Å²) in [5, 5.41) is 3.75. The van der Waals surface area contributed by atoms with Crippen LogP contribution in [0.3, 0.4) is 0 Å². The Morgan fingerprint density at radius 3 is 2.73 bits per heavy atom. The molecule has 0 saturated carbocycles. The van der Waals surface area contributed by atoms with E-state index >= 15 is 0 Å². The van der Waals surface area contributed by atoms with Crippen LogP contribution < -0.4 is 4.90 Å². The molecule has 1 atom stereocenters. The summed E-state index contributed by atoms with van der Waals surface area (Å²) in [6, 6.07) is 23.9. The zero-order valence-corrected chi connectivity index (χ0v) is 12.8. The molecule has 3 aromatic rings. The minimum absolute atomic E-state index is 0.224. The van der Waals surface area contributed by atoms with E-state index in [-0.39, 0.29) is 6.04 Å².